The van der Waals surface area contributed by atoms with Crippen LogP contribution in [0.4, 0.5) is 5.88 Å². The highest BCUT2D eigenvalue weighted by Gasteiger charge is 2.23. The van der Waals surface area contributed by atoms with Gasteiger partial charge in [0.1, 0.15) is 29.7 Å². The lowest BCUT2D eigenvalue weighted by Gasteiger charge is -2.20. The van der Waals surface area contributed by atoms with Gasteiger partial charge < -0.3 is 24.8 Å². The predicted molar refractivity (Wildman–Crippen MR) is 64.0 cm³/mol. The zero-order valence-electron chi connectivity index (χ0n) is 9.14. The van der Waals surface area contributed by atoms with Crippen molar-refractivity contribution in [2.45, 2.75) is 0 Å². The van der Waals surface area contributed by atoms with Crippen molar-refractivity contribution in [3.05, 3.63) is 17.2 Å². The first-order chi connectivity index (χ1) is 8.66. The second kappa shape index (κ2) is 3.99. The van der Waals surface area contributed by atoms with Crippen molar-refractivity contribution >= 4 is 17.5 Å². The molecule has 0 amide bonds. The lowest BCUT2D eigenvalue weighted by Crippen LogP contribution is -2.15. The van der Waals surface area contributed by atoms with Crippen LogP contribution >= 0.6 is 11.6 Å². The van der Waals surface area contributed by atoms with Crippen molar-refractivity contribution in [2.75, 3.05) is 18.9 Å². The van der Waals surface area contributed by atoms with E-state index in [1.165, 1.54) is 6.07 Å². The number of nitrogens with two attached hydrogens (primary N) is 1. The molecule has 0 radical (unpaired) electrons. The molecule has 3 N–H and O–H groups in total. The summed E-state index contributed by atoms with van der Waals surface area (Å²) in [5, 5.41) is 13.8. The fourth-order valence-corrected chi connectivity index (χ4v) is 2.00. The number of nitrogen functional groups attached to an aromatic ring is 1. The number of aromatic hydroxyl groups is 1. The van der Waals surface area contributed by atoms with Crippen LogP contribution in [-0.4, -0.2) is 23.5 Å². The maximum absolute atomic E-state index is 10.0. The Bertz CT molecular complexity index is 611. The third-order valence-corrected chi connectivity index (χ3v) is 2.90. The molecular weight excluding hydrogens is 260 g/mol. The van der Waals surface area contributed by atoms with Gasteiger partial charge in [-0.2, -0.15) is 0 Å². The van der Waals surface area contributed by atoms with E-state index >= 15 is 0 Å². The molecule has 0 unspecified atom stereocenters. The van der Waals surface area contributed by atoms with Gasteiger partial charge in [0, 0.05) is 6.07 Å². The summed E-state index contributed by atoms with van der Waals surface area (Å²) < 4.78 is 15.5. The van der Waals surface area contributed by atoms with Gasteiger partial charge in [-0.1, -0.05) is 16.8 Å². The van der Waals surface area contributed by atoms with Gasteiger partial charge in [-0.25, -0.2) is 0 Å². The number of ether oxygens (including phenoxy) is 2. The van der Waals surface area contributed by atoms with Crippen LogP contribution < -0.4 is 15.2 Å². The Labute approximate surface area is 107 Å². The maximum Gasteiger partial charge on any atom is 0.222 e. The van der Waals surface area contributed by atoms with E-state index in [9.17, 15) is 5.11 Å². The van der Waals surface area contributed by atoms with Gasteiger partial charge in [0.25, 0.3) is 0 Å². The van der Waals surface area contributed by atoms with E-state index in [0.717, 1.165) is 0 Å². The summed E-state index contributed by atoms with van der Waals surface area (Å²) in [5.74, 6) is 0.797. The van der Waals surface area contributed by atoms with Crippen molar-refractivity contribution in [1.29, 1.82) is 0 Å². The number of benzene rings is 1. The summed E-state index contributed by atoms with van der Waals surface area (Å²) in [6.45, 7) is 0.816. The van der Waals surface area contributed by atoms with E-state index in [4.69, 9.17) is 31.3 Å². The lowest BCUT2D eigenvalue weighted by atomic mass is 10.1. The molecule has 6 nitrogen and oxygen atoms in total. The van der Waals surface area contributed by atoms with Crippen LogP contribution in [-0.2, 0) is 0 Å². The van der Waals surface area contributed by atoms with Gasteiger partial charge >= 0.3 is 0 Å². The smallest absolute Gasteiger partial charge is 0.222 e. The fraction of sp³-hybridized carbons (Fsp3) is 0.182. The van der Waals surface area contributed by atoms with E-state index in [-0.39, 0.29) is 16.7 Å². The molecule has 0 saturated heterocycles. The largest absolute Gasteiger partial charge is 0.506 e. The Morgan fingerprint density at radius 3 is 2.78 bits per heavy atom. The first-order valence-corrected chi connectivity index (χ1v) is 5.58. The topological polar surface area (TPSA) is 90.7 Å². The minimum Gasteiger partial charge on any atom is -0.506 e. The number of nitrogens with zero attached hydrogens (tertiary/aromatic N) is 1. The summed E-state index contributed by atoms with van der Waals surface area (Å²) in [5.41, 5.74) is 6.20. The van der Waals surface area contributed by atoms with Gasteiger partial charge in [-0.05, 0) is 6.07 Å². The normalized spacial score (nSPS) is 13.6. The summed E-state index contributed by atoms with van der Waals surface area (Å²) in [6, 6.07) is 3.08. The van der Waals surface area contributed by atoms with Crippen molar-refractivity contribution in [3.63, 3.8) is 0 Å². The minimum atomic E-state index is -0.144. The van der Waals surface area contributed by atoms with Crippen molar-refractivity contribution in [2.24, 2.45) is 0 Å². The first-order valence-electron chi connectivity index (χ1n) is 5.20. The van der Waals surface area contributed by atoms with Gasteiger partial charge in [0.2, 0.25) is 5.88 Å². The van der Waals surface area contributed by atoms with E-state index in [1.807, 2.05) is 0 Å². The van der Waals surface area contributed by atoms with Crippen molar-refractivity contribution in [1.82, 2.24) is 5.16 Å². The summed E-state index contributed by atoms with van der Waals surface area (Å²) >= 11 is 6.03. The molecule has 7 heteroatoms. The molecule has 0 bridgehead atoms. The van der Waals surface area contributed by atoms with Crippen LogP contribution in [0.25, 0.3) is 11.3 Å². The minimum absolute atomic E-state index is 0.0868. The highest BCUT2D eigenvalue weighted by molar-refractivity contribution is 6.34. The number of hydrogen-bond acceptors (Lipinski definition) is 6. The second-order valence-electron chi connectivity index (χ2n) is 3.73. The Kier molecular flexibility index (Phi) is 2.45. The molecule has 2 aromatic rings. The Morgan fingerprint density at radius 2 is 2.06 bits per heavy atom. The number of phenols is 1. The van der Waals surface area contributed by atoms with Crippen molar-refractivity contribution < 1.29 is 19.1 Å². The monoisotopic (exact) mass is 268 g/mol. The number of anilines is 1. The third kappa shape index (κ3) is 1.62. The highest BCUT2D eigenvalue weighted by atomic mass is 35.5. The van der Waals surface area contributed by atoms with Crippen LogP contribution in [0.3, 0.4) is 0 Å². The number of phenolic OH excluding ortho intramolecular Hbond substituents is 1. The molecule has 3 rings (SSSR count). The average molecular weight is 269 g/mol. The van der Waals surface area contributed by atoms with E-state index in [2.05, 4.69) is 5.16 Å². The molecule has 0 spiro atoms. The second-order valence-corrected chi connectivity index (χ2v) is 4.10. The van der Waals surface area contributed by atoms with Crippen LogP contribution in [0.1, 0.15) is 0 Å². The van der Waals surface area contributed by atoms with Gasteiger partial charge in [0.15, 0.2) is 11.5 Å². The van der Waals surface area contributed by atoms with Crippen LogP contribution in [0.5, 0.6) is 17.2 Å². The molecule has 18 heavy (non-hydrogen) atoms. The molecule has 94 valence electrons. The molecule has 1 aromatic heterocycles. The van der Waals surface area contributed by atoms with Gasteiger partial charge in [-0.15, -0.1) is 0 Å². The average Bonchev–Trinajstić information content (AvgIpc) is 2.80. The fourth-order valence-electron chi connectivity index (χ4n) is 1.75. The third-order valence-electron chi connectivity index (χ3n) is 2.55. The molecular formula is C11H9ClN2O4. The van der Waals surface area contributed by atoms with Crippen LogP contribution in [0.15, 0.2) is 16.7 Å². The quantitative estimate of drug-likeness (QED) is 0.823. The Hall–Kier alpha value is -2.08. The van der Waals surface area contributed by atoms with Gasteiger partial charge in [-0.3, -0.25) is 0 Å². The number of aromatic nitrogens is 1. The highest BCUT2D eigenvalue weighted by Crippen LogP contribution is 2.48. The molecule has 0 saturated carbocycles. The van der Waals surface area contributed by atoms with E-state index in [0.29, 0.717) is 36.0 Å². The SMILES string of the molecule is Nc1cc(-c2cc3c(c(Cl)c2O)OCCO3)no1. The molecule has 1 aliphatic rings. The lowest BCUT2D eigenvalue weighted by molar-refractivity contribution is 0.171. The van der Waals surface area contributed by atoms with Crippen LogP contribution in [0, 0.1) is 0 Å². The van der Waals surface area contributed by atoms with E-state index < -0.39 is 0 Å². The summed E-state index contributed by atoms with van der Waals surface area (Å²) in [7, 11) is 0. The summed E-state index contributed by atoms with van der Waals surface area (Å²) in [4.78, 5) is 0. The Balaban J connectivity index is 2.18. The number of fused-ring (bicyclic) bond motifs is 1. The number of rotatable bonds is 1. The number of hydrogen-bond donors (Lipinski definition) is 2. The molecule has 0 aliphatic carbocycles. The number of halogens is 1. The standard InChI is InChI=1S/C11H9ClN2O4/c12-9-10(15)5(6-4-8(13)18-14-6)3-7-11(9)17-2-1-16-7/h3-4,15H,1-2,13H2. The van der Waals surface area contributed by atoms with E-state index in [1.54, 1.807) is 6.07 Å². The zero-order chi connectivity index (χ0) is 12.7. The van der Waals surface area contributed by atoms with Gasteiger partial charge in [0.05, 0.1) is 5.56 Å². The van der Waals surface area contributed by atoms with Crippen LogP contribution in [0.2, 0.25) is 5.02 Å². The molecule has 2 heterocycles. The first kappa shape index (κ1) is 11.0. The predicted octanol–water partition coefficient (Wildman–Crippen LogP) is 2.05. The summed E-state index contributed by atoms with van der Waals surface area (Å²) in [6.07, 6.45) is 0. The zero-order valence-corrected chi connectivity index (χ0v) is 9.90. The maximum atomic E-state index is 10.0. The molecule has 0 fully saturated rings. The molecule has 1 aliphatic heterocycles. The molecule has 0 atom stereocenters. The van der Waals surface area contributed by atoms with Crippen molar-refractivity contribution in [3.8, 4) is 28.5 Å². The molecule has 1 aromatic carbocycles. The Morgan fingerprint density at radius 1 is 1.28 bits per heavy atom.